The first-order chi connectivity index (χ1) is 11.4. The van der Waals surface area contributed by atoms with Crippen molar-refractivity contribution in [2.75, 3.05) is 38.8 Å². The SMILES string of the molecule is COC1CCN([C@H]2CCC[C@H]2N(C)C(=O)C2CCS(=O)(=O)CC2)C1. The molecule has 0 N–H and O–H groups in total. The fourth-order valence-corrected chi connectivity index (χ4v) is 6.13. The summed E-state index contributed by atoms with van der Waals surface area (Å²) in [4.78, 5) is 17.3. The molecular formula is C17H30N2O4S. The molecule has 2 heterocycles. The highest BCUT2D eigenvalue weighted by Crippen LogP contribution is 2.32. The maximum atomic E-state index is 12.9. The minimum absolute atomic E-state index is 0.120. The lowest BCUT2D eigenvalue weighted by atomic mass is 9.99. The van der Waals surface area contributed by atoms with Crippen LogP contribution < -0.4 is 0 Å². The second kappa shape index (κ2) is 7.30. The van der Waals surface area contributed by atoms with Gasteiger partial charge in [0.15, 0.2) is 0 Å². The van der Waals surface area contributed by atoms with Gasteiger partial charge in [-0.2, -0.15) is 0 Å². The van der Waals surface area contributed by atoms with Crippen LogP contribution in [0.3, 0.4) is 0 Å². The van der Waals surface area contributed by atoms with Crippen molar-refractivity contribution in [3.05, 3.63) is 0 Å². The maximum absolute atomic E-state index is 12.9. The van der Waals surface area contributed by atoms with Gasteiger partial charge in [0.25, 0.3) is 0 Å². The van der Waals surface area contributed by atoms with Crippen LogP contribution in [0.2, 0.25) is 0 Å². The molecule has 3 fully saturated rings. The van der Waals surface area contributed by atoms with Crippen molar-refractivity contribution in [3.8, 4) is 0 Å². The van der Waals surface area contributed by atoms with E-state index in [1.54, 1.807) is 7.11 Å². The summed E-state index contributed by atoms with van der Waals surface area (Å²) in [5, 5.41) is 0. The summed E-state index contributed by atoms with van der Waals surface area (Å²) < 4.78 is 28.7. The molecule has 24 heavy (non-hydrogen) atoms. The molecule has 0 aromatic carbocycles. The second-order valence-electron chi connectivity index (χ2n) is 7.58. The quantitative estimate of drug-likeness (QED) is 0.747. The number of rotatable bonds is 4. The van der Waals surface area contributed by atoms with E-state index in [1.807, 2.05) is 11.9 Å². The van der Waals surface area contributed by atoms with Gasteiger partial charge in [-0.1, -0.05) is 0 Å². The normalized spacial score (nSPS) is 34.5. The Balaban J connectivity index is 1.61. The van der Waals surface area contributed by atoms with E-state index < -0.39 is 9.84 Å². The third-order valence-corrected chi connectivity index (χ3v) is 7.89. The number of sulfone groups is 1. The van der Waals surface area contributed by atoms with Crippen LogP contribution in [0.25, 0.3) is 0 Å². The van der Waals surface area contributed by atoms with Crippen LogP contribution in [0.5, 0.6) is 0 Å². The maximum Gasteiger partial charge on any atom is 0.225 e. The largest absolute Gasteiger partial charge is 0.380 e. The highest BCUT2D eigenvalue weighted by Gasteiger charge is 2.41. The van der Waals surface area contributed by atoms with Crippen molar-refractivity contribution in [3.63, 3.8) is 0 Å². The van der Waals surface area contributed by atoms with E-state index in [4.69, 9.17) is 4.74 Å². The first-order valence-corrected chi connectivity index (χ1v) is 11.0. The van der Waals surface area contributed by atoms with Gasteiger partial charge in [-0.25, -0.2) is 8.42 Å². The molecule has 1 unspecified atom stereocenters. The third-order valence-electron chi connectivity index (χ3n) is 6.17. The molecule has 0 aromatic heterocycles. The molecule has 1 amide bonds. The Labute approximate surface area is 145 Å². The molecule has 6 nitrogen and oxygen atoms in total. The highest BCUT2D eigenvalue weighted by atomic mass is 32.2. The first-order valence-electron chi connectivity index (χ1n) is 9.15. The van der Waals surface area contributed by atoms with Crippen molar-refractivity contribution in [1.29, 1.82) is 0 Å². The molecule has 7 heteroatoms. The molecule has 1 saturated carbocycles. The number of amides is 1. The van der Waals surface area contributed by atoms with Crippen molar-refractivity contribution in [2.24, 2.45) is 5.92 Å². The van der Waals surface area contributed by atoms with Gasteiger partial charge in [0.2, 0.25) is 5.91 Å². The van der Waals surface area contributed by atoms with Crippen molar-refractivity contribution in [2.45, 2.75) is 56.7 Å². The summed E-state index contributed by atoms with van der Waals surface area (Å²) in [5.74, 6) is 0.342. The fraction of sp³-hybridized carbons (Fsp3) is 0.941. The summed E-state index contributed by atoms with van der Waals surface area (Å²) in [6, 6.07) is 0.679. The molecule has 3 atom stereocenters. The van der Waals surface area contributed by atoms with E-state index in [1.165, 1.54) is 0 Å². The van der Waals surface area contributed by atoms with Crippen LogP contribution in [0, 0.1) is 5.92 Å². The monoisotopic (exact) mass is 358 g/mol. The van der Waals surface area contributed by atoms with Gasteiger partial charge >= 0.3 is 0 Å². The molecule has 1 aliphatic carbocycles. The van der Waals surface area contributed by atoms with E-state index in [9.17, 15) is 13.2 Å². The second-order valence-corrected chi connectivity index (χ2v) is 9.89. The fourth-order valence-electron chi connectivity index (χ4n) is 4.63. The average Bonchev–Trinajstić information content (AvgIpc) is 3.22. The van der Waals surface area contributed by atoms with Gasteiger partial charge in [0.1, 0.15) is 9.84 Å². The zero-order valence-corrected chi connectivity index (χ0v) is 15.6. The van der Waals surface area contributed by atoms with Gasteiger partial charge in [-0.3, -0.25) is 9.69 Å². The van der Waals surface area contributed by atoms with Crippen molar-refractivity contribution in [1.82, 2.24) is 9.80 Å². The molecule has 0 bridgehead atoms. The molecule has 3 aliphatic rings. The van der Waals surface area contributed by atoms with Crippen LogP contribution in [-0.2, 0) is 19.4 Å². The van der Waals surface area contributed by atoms with E-state index in [0.717, 1.165) is 38.8 Å². The molecular weight excluding hydrogens is 328 g/mol. The Kier molecular flexibility index (Phi) is 5.52. The number of methoxy groups -OCH3 is 1. The summed E-state index contributed by atoms with van der Waals surface area (Å²) in [5.41, 5.74) is 0. The predicted molar refractivity (Wildman–Crippen MR) is 92.6 cm³/mol. The number of carbonyl (C=O) groups is 1. The summed E-state index contributed by atoms with van der Waals surface area (Å²) in [7, 11) is 0.766. The first kappa shape index (κ1) is 18.1. The van der Waals surface area contributed by atoms with Crippen molar-refractivity contribution >= 4 is 15.7 Å². The standard InChI is InChI=1S/C17H30N2O4S/c1-18(17(20)13-7-10-24(21,22)11-8-13)15-4-3-5-16(15)19-9-6-14(12-19)23-2/h13-16H,3-12H2,1-2H3/t14?,15-,16+/m1/s1. The lowest BCUT2D eigenvalue weighted by molar-refractivity contribution is -0.137. The molecule has 0 spiro atoms. The molecule has 0 radical (unpaired) electrons. The molecule has 2 aliphatic heterocycles. The van der Waals surface area contributed by atoms with Crippen LogP contribution in [0.4, 0.5) is 0 Å². The van der Waals surface area contributed by atoms with E-state index >= 15 is 0 Å². The Bertz CT molecular complexity index is 551. The number of likely N-dealkylation sites (N-methyl/N-ethyl adjacent to an activating group) is 1. The number of carbonyl (C=O) groups excluding carboxylic acids is 1. The Morgan fingerprint density at radius 1 is 1.12 bits per heavy atom. The minimum Gasteiger partial charge on any atom is -0.380 e. The van der Waals surface area contributed by atoms with Crippen LogP contribution in [0.15, 0.2) is 0 Å². The number of ether oxygens (including phenoxy) is 1. The zero-order chi connectivity index (χ0) is 17.3. The lowest BCUT2D eigenvalue weighted by Gasteiger charge is -2.37. The van der Waals surface area contributed by atoms with Crippen LogP contribution >= 0.6 is 0 Å². The van der Waals surface area contributed by atoms with Crippen LogP contribution in [-0.4, -0.2) is 81.1 Å². The average molecular weight is 359 g/mol. The van der Waals surface area contributed by atoms with Gasteiger partial charge in [0.05, 0.1) is 17.6 Å². The molecule has 138 valence electrons. The summed E-state index contributed by atoms with van der Waals surface area (Å²) >= 11 is 0. The topological polar surface area (TPSA) is 66.9 Å². The third kappa shape index (κ3) is 3.78. The number of nitrogens with zero attached hydrogens (tertiary/aromatic N) is 2. The van der Waals surface area contributed by atoms with Crippen molar-refractivity contribution < 1.29 is 17.9 Å². The Morgan fingerprint density at radius 2 is 1.83 bits per heavy atom. The van der Waals surface area contributed by atoms with Gasteiger partial charge in [-0.05, 0) is 38.5 Å². The molecule has 2 saturated heterocycles. The van der Waals surface area contributed by atoms with E-state index in [2.05, 4.69) is 4.90 Å². The minimum atomic E-state index is -2.92. The van der Waals surface area contributed by atoms with E-state index in [0.29, 0.717) is 25.0 Å². The smallest absolute Gasteiger partial charge is 0.225 e. The predicted octanol–water partition coefficient (Wildman–Crippen LogP) is 0.911. The highest BCUT2D eigenvalue weighted by molar-refractivity contribution is 7.91. The molecule has 3 rings (SSSR count). The molecule has 0 aromatic rings. The van der Waals surface area contributed by atoms with E-state index in [-0.39, 0.29) is 29.4 Å². The van der Waals surface area contributed by atoms with Gasteiger partial charge in [-0.15, -0.1) is 0 Å². The Morgan fingerprint density at radius 3 is 2.46 bits per heavy atom. The van der Waals surface area contributed by atoms with Crippen LogP contribution in [0.1, 0.15) is 38.5 Å². The Hall–Kier alpha value is -0.660. The summed E-state index contributed by atoms with van der Waals surface area (Å²) in [6.45, 7) is 2.00. The number of likely N-dealkylation sites (tertiary alicyclic amines) is 1. The number of hydrogen-bond acceptors (Lipinski definition) is 5. The lowest BCUT2D eigenvalue weighted by Crippen LogP contribution is -2.51. The van der Waals surface area contributed by atoms with Gasteiger partial charge in [0, 0.05) is 45.2 Å². The zero-order valence-electron chi connectivity index (χ0n) is 14.8. The summed E-state index contributed by atoms with van der Waals surface area (Å²) in [6.07, 6.45) is 5.69. The van der Waals surface area contributed by atoms with Gasteiger partial charge < -0.3 is 9.64 Å². The number of hydrogen-bond donors (Lipinski definition) is 0.